The van der Waals surface area contributed by atoms with Crippen LogP contribution in [0.25, 0.3) is 0 Å². The fourth-order valence-corrected chi connectivity index (χ4v) is 2.42. The van der Waals surface area contributed by atoms with Crippen LogP contribution in [0.4, 0.5) is 0 Å². The van der Waals surface area contributed by atoms with Crippen molar-refractivity contribution in [3.63, 3.8) is 0 Å². The minimum absolute atomic E-state index is 0.0221. The highest BCUT2D eigenvalue weighted by atomic mass is 32.2. The molecule has 1 aliphatic heterocycles. The first-order valence-electron chi connectivity index (χ1n) is 6.06. The van der Waals surface area contributed by atoms with E-state index < -0.39 is 12.0 Å². The second-order valence-electron chi connectivity index (χ2n) is 4.35. The Kier molecular flexibility index (Phi) is 6.30. The van der Waals surface area contributed by atoms with Gasteiger partial charge in [0.05, 0.1) is 20.3 Å². The van der Waals surface area contributed by atoms with Crippen molar-refractivity contribution in [3.8, 4) is 0 Å². The van der Waals surface area contributed by atoms with E-state index in [2.05, 4.69) is 4.74 Å². The molecule has 0 aliphatic carbocycles. The van der Waals surface area contributed by atoms with E-state index in [0.29, 0.717) is 18.9 Å². The number of morpholine rings is 1. The number of carbonyl (C=O) groups excluding carboxylic acids is 3. The molecule has 19 heavy (non-hydrogen) atoms. The van der Waals surface area contributed by atoms with Crippen molar-refractivity contribution >= 4 is 28.8 Å². The number of amides is 1. The van der Waals surface area contributed by atoms with Crippen LogP contribution in [0.2, 0.25) is 0 Å². The minimum atomic E-state index is -0.684. The quantitative estimate of drug-likeness (QED) is 0.693. The molecule has 7 heteroatoms. The Morgan fingerprint density at radius 1 is 1.47 bits per heavy atom. The predicted octanol–water partition coefficient (Wildman–Crippen LogP) is 0.303. The standard InChI is InChI=1S/C12H19NO5S/c1-8(7-19-9(2)14)11(15)13-4-5-18-6-10(13)12(16)17-3/h8,10H,4-7H2,1-3H3. The number of methoxy groups -OCH3 is 1. The van der Waals surface area contributed by atoms with Crippen molar-refractivity contribution in [1.29, 1.82) is 0 Å². The van der Waals surface area contributed by atoms with Crippen LogP contribution in [-0.2, 0) is 23.9 Å². The van der Waals surface area contributed by atoms with Crippen molar-refractivity contribution in [2.24, 2.45) is 5.92 Å². The molecule has 1 fully saturated rings. The van der Waals surface area contributed by atoms with Crippen LogP contribution in [-0.4, -0.2) is 60.6 Å². The van der Waals surface area contributed by atoms with Gasteiger partial charge in [0.15, 0.2) is 11.2 Å². The molecule has 2 atom stereocenters. The van der Waals surface area contributed by atoms with E-state index in [4.69, 9.17) is 4.74 Å². The highest BCUT2D eigenvalue weighted by molar-refractivity contribution is 8.13. The second-order valence-corrected chi connectivity index (χ2v) is 5.55. The number of thioether (sulfide) groups is 1. The molecule has 2 unspecified atom stereocenters. The van der Waals surface area contributed by atoms with Gasteiger partial charge in [-0.05, 0) is 0 Å². The van der Waals surface area contributed by atoms with Crippen LogP contribution in [0.15, 0.2) is 0 Å². The molecule has 6 nitrogen and oxygen atoms in total. The summed E-state index contributed by atoms with van der Waals surface area (Å²) in [6, 6.07) is -0.684. The number of nitrogens with zero attached hydrogens (tertiary/aromatic N) is 1. The van der Waals surface area contributed by atoms with Gasteiger partial charge in [-0.25, -0.2) is 4.79 Å². The summed E-state index contributed by atoms with van der Waals surface area (Å²) < 4.78 is 9.89. The van der Waals surface area contributed by atoms with E-state index in [1.54, 1.807) is 6.92 Å². The molecule has 1 rings (SSSR count). The lowest BCUT2D eigenvalue weighted by molar-refractivity contribution is -0.162. The monoisotopic (exact) mass is 289 g/mol. The molecule has 0 N–H and O–H groups in total. The maximum atomic E-state index is 12.3. The van der Waals surface area contributed by atoms with Gasteiger partial charge in [-0.2, -0.15) is 0 Å². The van der Waals surface area contributed by atoms with E-state index in [1.807, 2.05) is 0 Å². The first-order valence-corrected chi connectivity index (χ1v) is 7.05. The Hall–Kier alpha value is -1.08. The zero-order chi connectivity index (χ0) is 14.4. The number of carbonyl (C=O) groups is 3. The number of hydrogen-bond donors (Lipinski definition) is 0. The van der Waals surface area contributed by atoms with Crippen molar-refractivity contribution < 1.29 is 23.9 Å². The van der Waals surface area contributed by atoms with Crippen LogP contribution in [0.3, 0.4) is 0 Å². The van der Waals surface area contributed by atoms with Crippen molar-refractivity contribution in [2.45, 2.75) is 19.9 Å². The summed E-state index contributed by atoms with van der Waals surface area (Å²) in [5.41, 5.74) is 0. The second kappa shape index (κ2) is 7.49. The molecule has 0 spiro atoms. The fourth-order valence-electron chi connectivity index (χ4n) is 1.80. The smallest absolute Gasteiger partial charge is 0.331 e. The zero-order valence-electron chi connectivity index (χ0n) is 11.4. The third kappa shape index (κ3) is 4.50. The fraction of sp³-hybridized carbons (Fsp3) is 0.750. The summed E-state index contributed by atoms with van der Waals surface area (Å²) in [5.74, 6) is -0.523. The topological polar surface area (TPSA) is 72.9 Å². The predicted molar refractivity (Wildman–Crippen MR) is 70.6 cm³/mol. The van der Waals surface area contributed by atoms with Gasteiger partial charge >= 0.3 is 5.97 Å². The molecule has 1 amide bonds. The summed E-state index contributed by atoms with van der Waals surface area (Å²) >= 11 is 1.11. The highest BCUT2D eigenvalue weighted by Gasteiger charge is 2.35. The van der Waals surface area contributed by atoms with Gasteiger partial charge in [0.25, 0.3) is 0 Å². The van der Waals surface area contributed by atoms with Crippen molar-refractivity contribution in [2.75, 3.05) is 32.6 Å². The van der Waals surface area contributed by atoms with Crippen LogP contribution in [0, 0.1) is 5.92 Å². The summed E-state index contributed by atoms with van der Waals surface area (Å²) in [6.07, 6.45) is 0. The lowest BCUT2D eigenvalue weighted by atomic mass is 10.1. The number of rotatable bonds is 4. The Morgan fingerprint density at radius 3 is 2.74 bits per heavy atom. The third-order valence-electron chi connectivity index (χ3n) is 2.84. The largest absolute Gasteiger partial charge is 0.467 e. The van der Waals surface area contributed by atoms with Gasteiger partial charge in [0, 0.05) is 25.1 Å². The maximum Gasteiger partial charge on any atom is 0.331 e. The molecule has 0 aromatic rings. The summed E-state index contributed by atoms with van der Waals surface area (Å²) in [5, 5.41) is -0.0221. The molecular weight excluding hydrogens is 270 g/mol. The van der Waals surface area contributed by atoms with Crippen LogP contribution >= 0.6 is 11.8 Å². The van der Waals surface area contributed by atoms with E-state index in [-0.39, 0.29) is 23.5 Å². The van der Waals surface area contributed by atoms with Crippen LogP contribution in [0.5, 0.6) is 0 Å². The van der Waals surface area contributed by atoms with Gasteiger partial charge < -0.3 is 14.4 Å². The van der Waals surface area contributed by atoms with Crippen molar-refractivity contribution in [3.05, 3.63) is 0 Å². The minimum Gasteiger partial charge on any atom is -0.467 e. The normalized spacial score (nSPS) is 20.8. The molecule has 0 aromatic heterocycles. The van der Waals surface area contributed by atoms with E-state index >= 15 is 0 Å². The molecule has 0 aromatic carbocycles. The van der Waals surface area contributed by atoms with E-state index in [1.165, 1.54) is 18.9 Å². The lowest BCUT2D eigenvalue weighted by Gasteiger charge is -2.35. The Bertz CT molecular complexity index is 360. The third-order valence-corrected chi connectivity index (χ3v) is 3.92. The Balaban J connectivity index is 2.65. The molecule has 0 saturated carbocycles. The summed E-state index contributed by atoms with van der Waals surface area (Å²) in [6.45, 7) is 4.15. The van der Waals surface area contributed by atoms with Crippen LogP contribution in [0.1, 0.15) is 13.8 Å². The van der Waals surface area contributed by atoms with Crippen LogP contribution < -0.4 is 0 Å². The van der Waals surface area contributed by atoms with Gasteiger partial charge in [-0.15, -0.1) is 0 Å². The first kappa shape index (κ1) is 16.0. The summed E-state index contributed by atoms with van der Waals surface area (Å²) in [7, 11) is 1.29. The van der Waals surface area contributed by atoms with Crippen molar-refractivity contribution in [1.82, 2.24) is 4.90 Å². The molecule has 0 bridgehead atoms. The zero-order valence-corrected chi connectivity index (χ0v) is 12.2. The molecule has 1 heterocycles. The van der Waals surface area contributed by atoms with E-state index in [9.17, 15) is 14.4 Å². The SMILES string of the molecule is COC(=O)C1COCCN1C(=O)C(C)CSC(C)=O. The van der Waals surface area contributed by atoms with Gasteiger partial charge in [0.2, 0.25) is 5.91 Å². The molecule has 1 saturated heterocycles. The van der Waals surface area contributed by atoms with Gasteiger partial charge in [-0.3, -0.25) is 9.59 Å². The number of hydrogen-bond acceptors (Lipinski definition) is 6. The number of ether oxygens (including phenoxy) is 2. The molecule has 0 radical (unpaired) electrons. The molecular formula is C12H19NO5S. The molecule has 108 valence electrons. The lowest BCUT2D eigenvalue weighted by Crippen LogP contribution is -2.54. The Morgan fingerprint density at radius 2 is 2.16 bits per heavy atom. The first-order chi connectivity index (χ1) is 8.97. The Labute approximate surface area is 116 Å². The van der Waals surface area contributed by atoms with Gasteiger partial charge in [-0.1, -0.05) is 18.7 Å². The number of esters is 1. The highest BCUT2D eigenvalue weighted by Crippen LogP contribution is 2.16. The summed E-state index contributed by atoms with van der Waals surface area (Å²) in [4.78, 5) is 36.3. The maximum absolute atomic E-state index is 12.3. The van der Waals surface area contributed by atoms with Gasteiger partial charge in [0.1, 0.15) is 0 Å². The average molecular weight is 289 g/mol. The van der Waals surface area contributed by atoms with E-state index in [0.717, 1.165) is 11.8 Å². The average Bonchev–Trinajstić information content (AvgIpc) is 2.42. The molecule has 1 aliphatic rings.